The van der Waals surface area contributed by atoms with Crippen LogP contribution in [0.3, 0.4) is 0 Å². The van der Waals surface area contributed by atoms with E-state index in [0.717, 1.165) is 12.5 Å². The summed E-state index contributed by atoms with van der Waals surface area (Å²) in [6.07, 6.45) is 2.54. The van der Waals surface area contributed by atoms with Crippen LogP contribution in [-0.2, 0) is 0 Å². The number of rotatable bonds is 5. The molecule has 96 valence electrons. The summed E-state index contributed by atoms with van der Waals surface area (Å²) < 4.78 is 0. The molecule has 1 heterocycles. The Bertz CT molecular complexity index is 186. The minimum atomic E-state index is 0.362. The van der Waals surface area contributed by atoms with Gasteiger partial charge in [0.05, 0.1) is 0 Å². The van der Waals surface area contributed by atoms with Gasteiger partial charge in [0, 0.05) is 6.04 Å². The van der Waals surface area contributed by atoms with Gasteiger partial charge in [-0.3, -0.25) is 0 Å². The third kappa shape index (κ3) is 3.72. The number of likely N-dealkylation sites (tertiary alicyclic amines) is 1. The van der Waals surface area contributed by atoms with Crippen LogP contribution >= 0.6 is 0 Å². The largest absolute Gasteiger partial charge is 0.327 e. The smallest absolute Gasteiger partial charge is 0.0111 e. The zero-order valence-corrected chi connectivity index (χ0v) is 11.4. The zero-order chi connectivity index (χ0) is 12.1. The molecule has 0 spiro atoms. The van der Waals surface area contributed by atoms with E-state index in [4.69, 9.17) is 5.73 Å². The highest BCUT2D eigenvalue weighted by molar-refractivity contribution is 4.86. The lowest BCUT2D eigenvalue weighted by molar-refractivity contribution is 0.156. The molecular formula is C13H29N3. The van der Waals surface area contributed by atoms with Gasteiger partial charge in [-0.25, -0.2) is 0 Å². The minimum absolute atomic E-state index is 0.362. The van der Waals surface area contributed by atoms with Crippen molar-refractivity contribution in [2.75, 3.05) is 33.7 Å². The van der Waals surface area contributed by atoms with Crippen LogP contribution in [0.1, 0.15) is 26.7 Å². The lowest BCUT2D eigenvalue weighted by atomic mass is 9.78. The Morgan fingerprint density at radius 2 is 1.88 bits per heavy atom. The van der Waals surface area contributed by atoms with Crippen molar-refractivity contribution in [2.24, 2.45) is 23.5 Å². The van der Waals surface area contributed by atoms with Crippen molar-refractivity contribution in [1.82, 2.24) is 10.2 Å². The maximum Gasteiger partial charge on any atom is 0.0111 e. The lowest BCUT2D eigenvalue weighted by Gasteiger charge is -2.37. The number of nitrogens with zero attached hydrogens (tertiary/aromatic N) is 1. The Morgan fingerprint density at radius 1 is 1.31 bits per heavy atom. The van der Waals surface area contributed by atoms with Crippen molar-refractivity contribution in [2.45, 2.75) is 32.7 Å². The molecule has 0 aromatic carbocycles. The van der Waals surface area contributed by atoms with Crippen LogP contribution < -0.4 is 11.1 Å². The SMILES string of the molecule is CNCC(C(C)C)C(N)C1CCN(C)CC1. The van der Waals surface area contributed by atoms with Crippen molar-refractivity contribution in [3.63, 3.8) is 0 Å². The molecule has 2 atom stereocenters. The van der Waals surface area contributed by atoms with E-state index in [1.165, 1.54) is 25.9 Å². The molecular weight excluding hydrogens is 198 g/mol. The minimum Gasteiger partial charge on any atom is -0.327 e. The Hall–Kier alpha value is -0.120. The molecule has 1 rings (SSSR count). The van der Waals surface area contributed by atoms with Gasteiger partial charge in [0.15, 0.2) is 0 Å². The van der Waals surface area contributed by atoms with Gasteiger partial charge in [0.2, 0.25) is 0 Å². The maximum atomic E-state index is 6.47. The molecule has 1 aliphatic rings. The molecule has 0 aromatic heterocycles. The predicted octanol–water partition coefficient (Wildman–Crippen LogP) is 1.15. The molecule has 1 aliphatic heterocycles. The van der Waals surface area contributed by atoms with Crippen molar-refractivity contribution in [3.8, 4) is 0 Å². The van der Waals surface area contributed by atoms with Crippen molar-refractivity contribution < 1.29 is 0 Å². The highest BCUT2D eigenvalue weighted by atomic mass is 15.1. The van der Waals surface area contributed by atoms with Crippen molar-refractivity contribution in [1.29, 1.82) is 0 Å². The van der Waals surface area contributed by atoms with Gasteiger partial charge in [-0.15, -0.1) is 0 Å². The van der Waals surface area contributed by atoms with Gasteiger partial charge in [-0.2, -0.15) is 0 Å². The molecule has 3 nitrogen and oxygen atoms in total. The topological polar surface area (TPSA) is 41.3 Å². The maximum absolute atomic E-state index is 6.47. The van der Waals surface area contributed by atoms with E-state index in [1.807, 2.05) is 7.05 Å². The summed E-state index contributed by atoms with van der Waals surface area (Å²) in [5.74, 6) is 2.00. The van der Waals surface area contributed by atoms with Gasteiger partial charge in [0.25, 0.3) is 0 Å². The Morgan fingerprint density at radius 3 is 2.31 bits per heavy atom. The van der Waals surface area contributed by atoms with Gasteiger partial charge in [0.1, 0.15) is 0 Å². The normalized spacial score (nSPS) is 23.6. The number of nitrogens with one attached hydrogen (secondary N) is 1. The van der Waals surface area contributed by atoms with E-state index in [-0.39, 0.29) is 0 Å². The first kappa shape index (κ1) is 13.9. The summed E-state index contributed by atoms with van der Waals surface area (Å²) in [6, 6.07) is 0.362. The van der Waals surface area contributed by atoms with Crippen LogP contribution in [0.5, 0.6) is 0 Å². The number of piperidine rings is 1. The van der Waals surface area contributed by atoms with E-state index in [9.17, 15) is 0 Å². The highest BCUT2D eigenvalue weighted by Crippen LogP contribution is 2.26. The molecule has 2 unspecified atom stereocenters. The number of hydrogen-bond donors (Lipinski definition) is 2. The van der Waals surface area contributed by atoms with Gasteiger partial charge in [-0.1, -0.05) is 13.8 Å². The molecule has 0 aliphatic carbocycles. The van der Waals surface area contributed by atoms with E-state index >= 15 is 0 Å². The van der Waals surface area contributed by atoms with Crippen LogP contribution in [-0.4, -0.2) is 44.7 Å². The van der Waals surface area contributed by atoms with E-state index < -0.39 is 0 Å². The standard InChI is InChI=1S/C13H29N3/c1-10(2)12(9-15-3)13(14)11-5-7-16(4)8-6-11/h10-13,15H,5-9,14H2,1-4H3. The summed E-state index contributed by atoms with van der Waals surface area (Å²) in [4.78, 5) is 2.41. The molecule has 0 amide bonds. The molecule has 1 fully saturated rings. The lowest BCUT2D eigenvalue weighted by Crippen LogP contribution is -2.47. The summed E-state index contributed by atoms with van der Waals surface area (Å²) in [6.45, 7) is 8.05. The summed E-state index contributed by atoms with van der Waals surface area (Å²) in [7, 11) is 4.23. The zero-order valence-electron chi connectivity index (χ0n) is 11.4. The van der Waals surface area contributed by atoms with Gasteiger partial charge < -0.3 is 16.0 Å². The van der Waals surface area contributed by atoms with Crippen molar-refractivity contribution in [3.05, 3.63) is 0 Å². The molecule has 3 heteroatoms. The second-order valence-corrected chi connectivity index (χ2v) is 5.68. The number of nitrogens with two attached hydrogens (primary N) is 1. The molecule has 16 heavy (non-hydrogen) atoms. The molecule has 1 saturated heterocycles. The third-order valence-electron chi connectivity index (χ3n) is 4.10. The molecule has 0 saturated carbocycles. The van der Waals surface area contributed by atoms with Crippen LogP contribution in [0.15, 0.2) is 0 Å². The first-order valence-electron chi connectivity index (χ1n) is 6.65. The first-order valence-corrected chi connectivity index (χ1v) is 6.65. The summed E-state index contributed by atoms with van der Waals surface area (Å²) in [5, 5.41) is 3.29. The van der Waals surface area contributed by atoms with E-state index in [2.05, 4.69) is 31.1 Å². The second-order valence-electron chi connectivity index (χ2n) is 5.68. The molecule has 3 N–H and O–H groups in total. The van der Waals surface area contributed by atoms with Crippen LogP contribution in [0.25, 0.3) is 0 Å². The average molecular weight is 227 g/mol. The van der Waals surface area contributed by atoms with Crippen LogP contribution in [0, 0.1) is 17.8 Å². The van der Waals surface area contributed by atoms with Crippen LogP contribution in [0.4, 0.5) is 0 Å². The van der Waals surface area contributed by atoms with Gasteiger partial charge in [-0.05, 0) is 64.3 Å². The Kier molecular flexibility index (Phi) is 5.73. The van der Waals surface area contributed by atoms with E-state index in [0.29, 0.717) is 17.9 Å². The van der Waals surface area contributed by atoms with Crippen molar-refractivity contribution >= 4 is 0 Å². The highest BCUT2D eigenvalue weighted by Gasteiger charge is 2.29. The molecule has 0 radical (unpaired) electrons. The molecule has 0 bridgehead atoms. The second kappa shape index (κ2) is 6.58. The Labute approximate surface area is 101 Å². The average Bonchev–Trinajstić information content (AvgIpc) is 2.25. The first-order chi connectivity index (χ1) is 7.56. The fourth-order valence-corrected chi connectivity index (χ4v) is 2.81. The predicted molar refractivity (Wildman–Crippen MR) is 70.5 cm³/mol. The quantitative estimate of drug-likeness (QED) is 0.740. The van der Waals surface area contributed by atoms with E-state index in [1.54, 1.807) is 0 Å². The van der Waals surface area contributed by atoms with Gasteiger partial charge >= 0.3 is 0 Å². The molecule has 0 aromatic rings. The Balaban J connectivity index is 2.49. The summed E-state index contributed by atoms with van der Waals surface area (Å²) >= 11 is 0. The number of hydrogen-bond acceptors (Lipinski definition) is 3. The third-order valence-corrected chi connectivity index (χ3v) is 4.10. The monoisotopic (exact) mass is 227 g/mol. The van der Waals surface area contributed by atoms with Crippen LogP contribution in [0.2, 0.25) is 0 Å². The fourth-order valence-electron chi connectivity index (χ4n) is 2.81. The summed E-state index contributed by atoms with van der Waals surface area (Å²) in [5.41, 5.74) is 6.47. The fraction of sp³-hybridized carbons (Fsp3) is 1.00.